The van der Waals surface area contributed by atoms with Crippen LogP contribution in [0.25, 0.3) is 10.6 Å². The lowest BCUT2D eigenvalue weighted by Crippen LogP contribution is -1.99. The third-order valence-electron chi connectivity index (χ3n) is 2.26. The second kappa shape index (κ2) is 4.09. The number of aromatic amines is 1. The number of aromatic nitrogens is 2. The molecule has 2 N–H and O–H groups in total. The van der Waals surface area contributed by atoms with Crippen LogP contribution >= 0.6 is 11.3 Å². The molecule has 0 atom stereocenters. The number of carbonyl (C=O) groups is 1. The molecule has 0 fully saturated rings. The minimum absolute atomic E-state index is 0.0149. The summed E-state index contributed by atoms with van der Waals surface area (Å²) in [6, 6.07) is 2.03. The van der Waals surface area contributed by atoms with E-state index in [1.807, 2.05) is 19.9 Å². The summed E-state index contributed by atoms with van der Waals surface area (Å²) < 4.78 is 0. The highest BCUT2D eigenvalue weighted by molar-refractivity contribution is 7.13. The molecular formula is C11H12N2O2S. The van der Waals surface area contributed by atoms with Gasteiger partial charge in [0.15, 0.2) is 0 Å². The highest BCUT2D eigenvalue weighted by atomic mass is 32.1. The molecule has 4 nitrogen and oxygen atoms in total. The summed E-state index contributed by atoms with van der Waals surface area (Å²) >= 11 is 1.48. The van der Waals surface area contributed by atoms with Gasteiger partial charge in [-0.05, 0) is 19.9 Å². The van der Waals surface area contributed by atoms with Crippen LogP contribution in [0.3, 0.4) is 0 Å². The first-order valence-electron chi connectivity index (χ1n) is 4.89. The van der Waals surface area contributed by atoms with Crippen molar-refractivity contribution in [2.45, 2.75) is 20.3 Å². The molecule has 0 amide bonds. The minimum atomic E-state index is -0.848. The lowest BCUT2D eigenvalue weighted by molar-refractivity contribution is -0.136. The maximum atomic E-state index is 10.5. The van der Waals surface area contributed by atoms with E-state index < -0.39 is 5.97 Å². The van der Waals surface area contributed by atoms with Gasteiger partial charge < -0.3 is 10.1 Å². The van der Waals surface area contributed by atoms with E-state index in [1.54, 1.807) is 5.38 Å². The molecule has 0 aromatic carbocycles. The van der Waals surface area contributed by atoms with Crippen molar-refractivity contribution in [3.8, 4) is 10.6 Å². The van der Waals surface area contributed by atoms with E-state index >= 15 is 0 Å². The summed E-state index contributed by atoms with van der Waals surface area (Å²) in [7, 11) is 0. The third-order valence-corrected chi connectivity index (χ3v) is 3.19. The molecule has 2 heterocycles. The van der Waals surface area contributed by atoms with Crippen molar-refractivity contribution in [1.29, 1.82) is 0 Å². The Balaban J connectivity index is 2.31. The lowest BCUT2D eigenvalue weighted by atomic mass is 10.2. The van der Waals surface area contributed by atoms with Crippen LogP contribution in [0.5, 0.6) is 0 Å². The number of carboxylic acids is 1. The summed E-state index contributed by atoms with van der Waals surface area (Å²) in [5, 5.41) is 11.3. The number of nitrogens with zero attached hydrogens (tertiary/aromatic N) is 1. The summed E-state index contributed by atoms with van der Waals surface area (Å²) in [6.45, 7) is 3.98. The Morgan fingerprint density at radius 1 is 1.56 bits per heavy atom. The van der Waals surface area contributed by atoms with E-state index in [0.29, 0.717) is 5.69 Å². The van der Waals surface area contributed by atoms with Gasteiger partial charge in [0.05, 0.1) is 12.1 Å². The first kappa shape index (κ1) is 10.9. The highest BCUT2D eigenvalue weighted by Crippen LogP contribution is 2.27. The number of thiazole rings is 1. The van der Waals surface area contributed by atoms with Gasteiger partial charge in [-0.3, -0.25) is 4.79 Å². The minimum Gasteiger partial charge on any atom is -0.481 e. The number of hydrogen-bond donors (Lipinski definition) is 2. The van der Waals surface area contributed by atoms with Crippen LogP contribution in [0.15, 0.2) is 11.4 Å². The number of aliphatic carboxylic acids is 1. The van der Waals surface area contributed by atoms with Crippen molar-refractivity contribution in [3.05, 3.63) is 28.5 Å². The molecule has 0 bridgehead atoms. The number of hydrogen-bond acceptors (Lipinski definition) is 3. The summed E-state index contributed by atoms with van der Waals surface area (Å²) in [5.41, 5.74) is 3.82. The van der Waals surface area contributed by atoms with Crippen molar-refractivity contribution in [2.75, 3.05) is 0 Å². The van der Waals surface area contributed by atoms with Crippen LogP contribution in [0.4, 0.5) is 0 Å². The molecule has 2 aromatic rings. The van der Waals surface area contributed by atoms with Gasteiger partial charge in [0.1, 0.15) is 5.01 Å². The highest BCUT2D eigenvalue weighted by Gasteiger charge is 2.11. The predicted octanol–water partition coefficient (Wildman–Crippen LogP) is 2.38. The molecule has 16 heavy (non-hydrogen) atoms. The quantitative estimate of drug-likeness (QED) is 0.859. The third kappa shape index (κ3) is 2.14. The van der Waals surface area contributed by atoms with Gasteiger partial charge in [0.2, 0.25) is 0 Å². The van der Waals surface area contributed by atoms with Crippen molar-refractivity contribution in [3.63, 3.8) is 0 Å². The van der Waals surface area contributed by atoms with E-state index in [1.165, 1.54) is 11.3 Å². The zero-order valence-corrected chi connectivity index (χ0v) is 9.89. The normalized spacial score (nSPS) is 10.6. The van der Waals surface area contributed by atoms with Crippen LogP contribution in [0.2, 0.25) is 0 Å². The number of rotatable bonds is 3. The van der Waals surface area contributed by atoms with E-state index in [0.717, 1.165) is 22.0 Å². The van der Waals surface area contributed by atoms with Crippen LogP contribution in [-0.4, -0.2) is 21.0 Å². The Morgan fingerprint density at radius 3 is 2.88 bits per heavy atom. The molecule has 0 saturated carbocycles. The van der Waals surface area contributed by atoms with Gasteiger partial charge in [0.25, 0.3) is 0 Å². The first-order chi connectivity index (χ1) is 7.56. The number of nitrogens with one attached hydrogen (secondary N) is 1. The van der Waals surface area contributed by atoms with Crippen LogP contribution < -0.4 is 0 Å². The van der Waals surface area contributed by atoms with Crippen molar-refractivity contribution in [2.24, 2.45) is 0 Å². The molecule has 0 aliphatic heterocycles. The van der Waals surface area contributed by atoms with Crippen LogP contribution in [-0.2, 0) is 11.2 Å². The van der Waals surface area contributed by atoms with Crippen molar-refractivity contribution in [1.82, 2.24) is 9.97 Å². The van der Waals surface area contributed by atoms with Gasteiger partial charge in [-0.25, -0.2) is 4.98 Å². The fourth-order valence-electron chi connectivity index (χ4n) is 1.61. The largest absolute Gasteiger partial charge is 0.481 e. The van der Waals surface area contributed by atoms with Crippen molar-refractivity contribution < 1.29 is 9.90 Å². The molecule has 0 saturated heterocycles. The first-order valence-corrected chi connectivity index (χ1v) is 5.77. The average molecular weight is 236 g/mol. The molecule has 5 heteroatoms. The SMILES string of the molecule is Cc1cc(-c2nc(CC(=O)O)cs2)c(C)[nH]1. The molecule has 0 spiro atoms. The number of aryl methyl sites for hydroxylation is 2. The standard InChI is InChI=1S/C11H12N2O2S/c1-6-3-9(7(2)12-6)11-13-8(5-16-11)4-10(14)15/h3,5,12H,4H2,1-2H3,(H,14,15). The molecule has 2 rings (SSSR count). The van der Waals surface area contributed by atoms with Crippen LogP contribution in [0.1, 0.15) is 17.1 Å². The fraction of sp³-hybridized carbons (Fsp3) is 0.273. The molecule has 2 aromatic heterocycles. The van der Waals surface area contributed by atoms with E-state index in [4.69, 9.17) is 5.11 Å². The number of H-pyrrole nitrogens is 1. The Hall–Kier alpha value is -1.62. The maximum Gasteiger partial charge on any atom is 0.309 e. The summed E-state index contributed by atoms with van der Waals surface area (Å²) in [4.78, 5) is 18.1. The fourth-order valence-corrected chi connectivity index (χ4v) is 2.51. The molecule has 0 aliphatic carbocycles. The number of carboxylic acid groups (broad SMARTS) is 1. The zero-order chi connectivity index (χ0) is 11.7. The molecule has 0 radical (unpaired) electrons. The second-order valence-corrected chi connectivity index (χ2v) is 4.56. The Morgan fingerprint density at radius 2 is 2.31 bits per heavy atom. The smallest absolute Gasteiger partial charge is 0.309 e. The molecule has 84 valence electrons. The molecular weight excluding hydrogens is 224 g/mol. The zero-order valence-electron chi connectivity index (χ0n) is 9.07. The van der Waals surface area contributed by atoms with E-state index in [-0.39, 0.29) is 6.42 Å². The van der Waals surface area contributed by atoms with Gasteiger partial charge >= 0.3 is 5.97 Å². The van der Waals surface area contributed by atoms with E-state index in [2.05, 4.69) is 9.97 Å². The molecule has 0 unspecified atom stereocenters. The predicted molar refractivity (Wildman–Crippen MR) is 62.7 cm³/mol. The Labute approximate surface area is 97.0 Å². The summed E-state index contributed by atoms with van der Waals surface area (Å²) in [6.07, 6.45) is -0.0149. The summed E-state index contributed by atoms with van der Waals surface area (Å²) in [5.74, 6) is -0.848. The Bertz CT molecular complexity index is 528. The van der Waals surface area contributed by atoms with Crippen molar-refractivity contribution >= 4 is 17.3 Å². The van der Waals surface area contributed by atoms with Gasteiger partial charge in [-0.1, -0.05) is 0 Å². The maximum absolute atomic E-state index is 10.5. The van der Waals surface area contributed by atoms with Gasteiger partial charge in [-0.2, -0.15) is 0 Å². The lowest BCUT2D eigenvalue weighted by Gasteiger charge is -1.92. The van der Waals surface area contributed by atoms with Gasteiger partial charge in [-0.15, -0.1) is 11.3 Å². The van der Waals surface area contributed by atoms with Crippen LogP contribution in [0, 0.1) is 13.8 Å². The van der Waals surface area contributed by atoms with Gasteiger partial charge in [0, 0.05) is 22.3 Å². The topological polar surface area (TPSA) is 66.0 Å². The Kier molecular flexibility index (Phi) is 2.78. The van der Waals surface area contributed by atoms with E-state index in [9.17, 15) is 4.79 Å². The monoisotopic (exact) mass is 236 g/mol. The average Bonchev–Trinajstić information content (AvgIpc) is 2.72. The second-order valence-electron chi connectivity index (χ2n) is 3.71. The molecule has 0 aliphatic rings.